The number of nitrogens with one attached hydrogen (secondary N) is 1. The minimum atomic E-state index is -1.21. The van der Waals surface area contributed by atoms with Gasteiger partial charge in [0, 0.05) is 10.0 Å². The molecule has 1 heterocycles. The summed E-state index contributed by atoms with van der Waals surface area (Å²) in [5.74, 6) is -1.66. The van der Waals surface area contributed by atoms with Gasteiger partial charge in [0.15, 0.2) is 0 Å². The molecule has 0 radical (unpaired) electrons. The van der Waals surface area contributed by atoms with E-state index in [0.29, 0.717) is 34.9 Å². The molecule has 0 aliphatic carbocycles. The van der Waals surface area contributed by atoms with Gasteiger partial charge in [-0.25, -0.2) is 0 Å². The fraction of sp³-hybridized carbons (Fsp3) is 0.348. The smallest absolute Gasteiger partial charge is 0.306 e. The lowest BCUT2D eigenvalue weighted by Crippen LogP contribution is -2.58. The van der Waals surface area contributed by atoms with Crippen LogP contribution in [-0.2, 0) is 19.1 Å². The Morgan fingerprint density at radius 2 is 1.91 bits per heavy atom. The van der Waals surface area contributed by atoms with E-state index in [0.717, 1.165) is 5.56 Å². The summed E-state index contributed by atoms with van der Waals surface area (Å²) in [6.07, 6.45) is -1.36. The molecule has 2 aromatic rings. The molecule has 1 aliphatic heterocycles. The number of carbonyl (C=O) groups excluding carboxylic acids is 2. The number of nitrogens with zero attached hydrogens (tertiary/aromatic N) is 1. The zero-order chi connectivity index (χ0) is 23.3. The average Bonchev–Trinajstić information content (AvgIpc) is 2.75. The number of carboxylic acid groups (broad SMARTS) is 1. The van der Waals surface area contributed by atoms with Crippen molar-refractivity contribution in [3.63, 3.8) is 0 Å². The minimum absolute atomic E-state index is 0.482. The summed E-state index contributed by atoms with van der Waals surface area (Å²) in [7, 11) is 0. The van der Waals surface area contributed by atoms with E-state index in [9.17, 15) is 19.5 Å². The summed E-state index contributed by atoms with van der Waals surface area (Å²) < 4.78 is 6.10. The van der Waals surface area contributed by atoms with Crippen LogP contribution in [0.1, 0.15) is 49.5 Å². The van der Waals surface area contributed by atoms with Gasteiger partial charge >= 0.3 is 5.97 Å². The Labute approximate surface area is 196 Å². The number of hydrogen-bond donors (Lipinski definition) is 2. The molecule has 0 spiro atoms. The molecule has 9 heteroatoms. The van der Waals surface area contributed by atoms with Gasteiger partial charge in [0.2, 0.25) is 6.41 Å². The van der Waals surface area contributed by atoms with Crippen LogP contribution in [0.4, 0.5) is 0 Å². The van der Waals surface area contributed by atoms with E-state index in [1.807, 2.05) is 13.0 Å². The highest BCUT2D eigenvalue weighted by molar-refractivity contribution is 6.30. The molecule has 7 nitrogen and oxygen atoms in total. The van der Waals surface area contributed by atoms with Crippen molar-refractivity contribution >= 4 is 41.5 Å². The summed E-state index contributed by atoms with van der Waals surface area (Å²) in [4.78, 5) is 37.9. The number of halogens is 2. The van der Waals surface area contributed by atoms with E-state index in [1.54, 1.807) is 42.5 Å². The van der Waals surface area contributed by atoms with Crippen LogP contribution in [0, 0.1) is 0 Å². The maximum Gasteiger partial charge on any atom is 0.306 e. The highest BCUT2D eigenvalue weighted by Crippen LogP contribution is 2.44. The number of morpholine rings is 1. The van der Waals surface area contributed by atoms with Gasteiger partial charge in [-0.1, -0.05) is 60.8 Å². The van der Waals surface area contributed by atoms with Crippen LogP contribution in [0.25, 0.3) is 0 Å². The average molecular weight is 479 g/mol. The predicted octanol–water partition coefficient (Wildman–Crippen LogP) is 4.35. The van der Waals surface area contributed by atoms with E-state index in [-0.39, 0.29) is 0 Å². The molecule has 32 heavy (non-hydrogen) atoms. The maximum atomic E-state index is 13.5. The molecular formula is C23H24Cl2N2O5. The summed E-state index contributed by atoms with van der Waals surface area (Å²) in [5.41, 5.74) is 1.42. The largest absolute Gasteiger partial charge is 0.481 e. The monoisotopic (exact) mass is 478 g/mol. The molecule has 0 aromatic heterocycles. The maximum absolute atomic E-state index is 13.5. The van der Waals surface area contributed by atoms with Crippen molar-refractivity contribution < 1.29 is 24.2 Å². The summed E-state index contributed by atoms with van der Waals surface area (Å²) >= 11 is 12.3. The van der Waals surface area contributed by atoms with Gasteiger partial charge in [0.25, 0.3) is 5.91 Å². The van der Waals surface area contributed by atoms with Crippen molar-refractivity contribution in [3.8, 4) is 0 Å². The molecule has 1 saturated heterocycles. The normalized spacial score (nSPS) is 21.8. The number of amides is 2. The summed E-state index contributed by atoms with van der Waals surface area (Å²) in [6.45, 7) is 1.94. The second-order valence-electron chi connectivity index (χ2n) is 7.53. The number of ether oxygens (including phenoxy) is 1. The van der Waals surface area contributed by atoms with Gasteiger partial charge in [0.05, 0.1) is 12.5 Å². The molecule has 1 fully saturated rings. The van der Waals surface area contributed by atoms with E-state index in [1.165, 1.54) is 4.90 Å². The number of benzene rings is 2. The van der Waals surface area contributed by atoms with Gasteiger partial charge in [-0.05, 0) is 41.8 Å². The van der Waals surface area contributed by atoms with Crippen molar-refractivity contribution in [2.45, 2.75) is 50.6 Å². The van der Waals surface area contributed by atoms with Crippen molar-refractivity contribution in [2.24, 2.45) is 0 Å². The number of rotatable bonds is 9. The molecule has 3 rings (SSSR count). The molecular weight excluding hydrogens is 455 g/mol. The third-order valence-electron chi connectivity index (χ3n) is 5.33. The van der Waals surface area contributed by atoms with Crippen molar-refractivity contribution in [3.05, 3.63) is 69.7 Å². The molecule has 1 aliphatic rings. The molecule has 2 N–H and O–H groups in total. The highest BCUT2D eigenvalue weighted by atomic mass is 35.5. The van der Waals surface area contributed by atoms with Crippen LogP contribution in [-0.4, -0.2) is 40.6 Å². The van der Waals surface area contributed by atoms with Gasteiger partial charge in [-0.3, -0.25) is 14.4 Å². The van der Waals surface area contributed by atoms with Crippen LogP contribution in [0.3, 0.4) is 0 Å². The second-order valence-corrected chi connectivity index (χ2v) is 8.40. The summed E-state index contributed by atoms with van der Waals surface area (Å²) in [6, 6.07) is 13.4. The van der Waals surface area contributed by atoms with Crippen LogP contribution in [0.15, 0.2) is 48.5 Å². The van der Waals surface area contributed by atoms with Gasteiger partial charge < -0.3 is 20.1 Å². The molecule has 4 atom stereocenters. The SMILES string of the molecule is CCC[C@H](NC=O)N1C(=O)[C@@H](CC(=O)O)O[C@H](c2cccc(Cl)c2)[C@@H]1c1ccc(Cl)cc1. The second kappa shape index (κ2) is 10.8. The number of aliphatic carboxylic acids is 1. The van der Waals surface area contributed by atoms with Crippen molar-refractivity contribution in [2.75, 3.05) is 0 Å². The van der Waals surface area contributed by atoms with E-state index >= 15 is 0 Å². The first-order valence-electron chi connectivity index (χ1n) is 10.3. The summed E-state index contributed by atoms with van der Waals surface area (Å²) in [5, 5.41) is 13.1. The van der Waals surface area contributed by atoms with Crippen LogP contribution in [0.5, 0.6) is 0 Å². The zero-order valence-corrected chi connectivity index (χ0v) is 18.9. The Bertz CT molecular complexity index is 969. The van der Waals surface area contributed by atoms with E-state index < -0.39 is 42.7 Å². The highest BCUT2D eigenvalue weighted by Gasteiger charge is 2.47. The topological polar surface area (TPSA) is 95.9 Å². The third kappa shape index (κ3) is 5.41. The Morgan fingerprint density at radius 3 is 2.50 bits per heavy atom. The lowest BCUT2D eigenvalue weighted by atomic mass is 9.90. The Balaban J connectivity index is 2.18. The van der Waals surface area contributed by atoms with Gasteiger partial charge in [-0.15, -0.1) is 0 Å². The molecule has 0 bridgehead atoms. The Morgan fingerprint density at radius 1 is 1.19 bits per heavy atom. The fourth-order valence-electron chi connectivity index (χ4n) is 3.99. The standard InChI is InChI=1S/C23H24Cl2N2O5/c1-2-4-19(26-13-28)27-21(14-7-9-16(24)10-8-14)22(15-5-3-6-17(25)11-15)32-18(23(27)31)12-20(29)30/h3,5-11,13,18-19,21-22H,2,4,12H2,1H3,(H,26,28)(H,29,30)/t18-,19-,21+,22-/m1/s1. The molecule has 0 unspecified atom stereocenters. The third-order valence-corrected chi connectivity index (χ3v) is 5.82. The lowest BCUT2D eigenvalue weighted by Gasteiger charge is -2.47. The van der Waals surface area contributed by atoms with Crippen molar-refractivity contribution in [1.82, 2.24) is 10.2 Å². The number of hydrogen-bond acceptors (Lipinski definition) is 4. The molecule has 2 amide bonds. The number of carboxylic acids is 1. The van der Waals surface area contributed by atoms with E-state index in [2.05, 4.69) is 5.32 Å². The first kappa shape index (κ1) is 24.0. The lowest BCUT2D eigenvalue weighted by molar-refractivity contribution is -0.185. The van der Waals surface area contributed by atoms with Gasteiger partial charge in [0.1, 0.15) is 18.4 Å². The minimum Gasteiger partial charge on any atom is -0.481 e. The number of carbonyl (C=O) groups is 3. The van der Waals surface area contributed by atoms with E-state index in [4.69, 9.17) is 27.9 Å². The molecule has 170 valence electrons. The predicted molar refractivity (Wildman–Crippen MR) is 120 cm³/mol. The zero-order valence-electron chi connectivity index (χ0n) is 17.4. The van der Waals surface area contributed by atoms with Gasteiger partial charge in [-0.2, -0.15) is 0 Å². The van der Waals surface area contributed by atoms with Crippen LogP contribution >= 0.6 is 23.2 Å². The molecule has 2 aromatic carbocycles. The Kier molecular flexibility index (Phi) is 8.12. The van der Waals surface area contributed by atoms with Crippen molar-refractivity contribution in [1.29, 1.82) is 0 Å². The molecule has 0 saturated carbocycles. The fourth-order valence-corrected chi connectivity index (χ4v) is 4.32. The van der Waals surface area contributed by atoms with Crippen LogP contribution < -0.4 is 5.32 Å². The first-order chi connectivity index (χ1) is 15.3. The Hall–Kier alpha value is -2.61. The first-order valence-corrected chi connectivity index (χ1v) is 11.0. The quantitative estimate of drug-likeness (QED) is 0.522. The van der Waals surface area contributed by atoms with Crippen LogP contribution in [0.2, 0.25) is 10.0 Å².